The molecule has 0 aromatic rings. The number of esters is 2. The van der Waals surface area contributed by atoms with E-state index in [1.807, 2.05) is 51.5 Å². The lowest BCUT2D eigenvalue weighted by Gasteiger charge is -2.28. The van der Waals surface area contributed by atoms with E-state index in [2.05, 4.69) is 32.1 Å². The predicted molar refractivity (Wildman–Crippen MR) is 222 cm³/mol. The maximum Gasteiger partial charge on any atom is 0.306 e. The van der Waals surface area contributed by atoms with Gasteiger partial charge in [0.15, 0.2) is 6.10 Å². The number of carbonyl (C=O) groups is 2. The largest absolute Gasteiger partial charge is 0.756 e. The molecule has 0 N–H and O–H groups in total. The van der Waals surface area contributed by atoms with Crippen LogP contribution in [0.1, 0.15) is 168 Å². The molecule has 10 heteroatoms. The SMILES string of the molecule is CC/C=C/C=C/C=C/C=C/CCCCCCCC(=O)OC(COC(=O)CCCCCCCCCCCCCCCCC)COP(=O)([O-])OCC[N+](C)(C)C. The molecule has 54 heavy (non-hydrogen) atoms. The third kappa shape index (κ3) is 39.7. The topological polar surface area (TPSA) is 111 Å². The van der Waals surface area contributed by atoms with E-state index in [-0.39, 0.29) is 26.1 Å². The van der Waals surface area contributed by atoms with E-state index >= 15 is 0 Å². The summed E-state index contributed by atoms with van der Waals surface area (Å²) in [7, 11) is 1.14. The molecule has 0 heterocycles. The van der Waals surface area contributed by atoms with Crippen molar-refractivity contribution in [2.75, 3.05) is 47.5 Å². The molecule has 0 aliphatic carbocycles. The summed E-state index contributed by atoms with van der Waals surface area (Å²) in [6.07, 6.45) is 41.3. The van der Waals surface area contributed by atoms with E-state index in [9.17, 15) is 19.0 Å². The quantitative estimate of drug-likeness (QED) is 0.0200. The van der Waals surface area contributed by atoms with Gasteiger partial charge >= 0.3 is 11.9 Å². The zero-order chi connectivity index (χ0) is 40.0. The molecule has 0 amide bonds. The molecule has 0 spiro atoms. The molecule has 9 nitrogen and oxygen atoms in total. The number of hydrogen-bond acceptors (Lipinski definition) is 8. The van der Waals surface area contributed by atoms with Crippen molar-refractivity contribution in [2.24, 2.45) is 0 Å². The fourth-order valence-corrected chi connectivity index (χ4v) is 6.33. The number of rotatable bonds is 38. The number of allylic oxidation sites excluding steroid dienone is 8. The molecule has 0 saturated heterocycles. The Hall–Kier alpha value is -2.03. The van der Waals surface area contributed by atoms with Crippen molar-refractivity contribution in [3.63, 3.8) is 0 Å². The van der Waals surface area contributed by atoms with Crippen molar-refractivity contribution in [2.45, 2.75) is 174 Å². The number of carbonyl (C=O) groups excluding carboxylic acids is 2. The summed E-state index contributed by atoms with van der Waals surface area (Å²) in [6, 6.07) is 0. The Morgan fingerprint density at radius 3 is 1.57 bits per heavy atom. The third-order valence-corrected chi connectivity index (χ3v) is 9.92. The second kappa shape index (κ2) is 36.6. The van der Waals surface area contributed by atoms with E-state index in [0.717, 1.165) is 57.8 Å². The van der Waals surface area contributed by atoms with Crippen LogP contribution in [0.4, 0.5) is 0 Å². The van der Waals surface area contributed by atoms with Crippen molar-refractivity contribution in [1.82, 2.24) is 0 Å². The van der Waals surface area contributed by atoms with Crippen molar-refractivity contribution in [3.05, 3.63) is 48.6 Å². The Kier molecular flexibility index (Phi) is 35.2. The number of ether oxygens (including phenoxy) is 2. The zero-order valence-electron chi connectivity index (χ0n) is 35.2. The van der Waals surface area contributed by atoms with Crippen molar-refractivity contribution in [3.8, 4) is 0 Å². The lowest BCUT2D eigenvalue weighted by Crippen LogP contribution is -2.37. The van der Waals surface area contributed by atoms with Crippen molar-refractivity contribution < 1.29 is 42.1 Å². The Morgan fingerprint density at radius 2 is 1.06 bits per heavy atom. The Balaban J connectivity index is 4.41. The number of quaternary nitrogens is 1. The van der Waals surface area contributed by atoms with Gasteiger partial charge in [0.1, 0.15) is 19.8 Å². The van der Waals surface area contributed by atoms with Gasteiger partial charge in [0.2, 0.25) is 0 Å². The highest BCUT2D eigenvalue weighted by Crippen LogP contribution is 2.38. The van der Waals surface area contributed by atoms with Crippen LogP contribution in [-0.2, 0) is 32.7 Å². The molecule has 0 saturated carbocycles. The van der Waals surface area contributed by atoms with Crippen LogP contribution in [0.3, 0.4) is 0 Å². The first-order valence-electron chi connectivity index (χ1n) is 21.4. The predicted octanol–water partition coefficient (Wildman–Crippen LogP) is 11.3. The maximum atomic E-state index is 12.6. The molecule has 0 aliphatic rings. The molecule has 0 aliphatic heterocycles. The molecule has 0 radical (unpaired) electrons. The van der Waals surface area contributed by atoms with Crippen LogP contribution in [-0.4, -0.2) is 70.0 Å². The number of phosphoric ester groups is 1. The van der Waals surface area contributed by atoms with Crippen LogP contribution in [0.2, 0.25) is 0 Å². The smallest absolute Gasteiger partial charge is 0.306 e. The number of nitrogens with zero attached hydrogens (tertiary/aromatic N) is 1. The summed E-state index contributed by atoms with van der Waals surface area (Å²) in [5.41, 5.74) is 0. The van der Waals surface area contributed by atoms with Crippen LogP contribution >= 0.6 is 7.82 Å². The Bertz CT molecular complexity index is 1070. The molecule has 0 bridgehead atoms. The second-order valence-electron chi connectivity index (χ2n) is 15.4. The van der Waals surface area contributed by atoms with Gasteiger partial charge in [0, 0.05) is 12.8 Å². The average molecular weight is 782 g/mol. The Morgan fingerprint density at radius 1 is 0.593 bits per heavy atom. The minimum absolute atomic E-state index is 0.0366. The highest BCUT2D eigenvalue weighted by atomic mass is 31.2. The third-order valence-electron chi connectivity index (χ3n) is 8.96. The van der Waals surface area contributed by atoms with Gasteiger partial charge < -0.3 is 27.9 Å². The normalized spacial score (nSPS) is 14.1. The first kappa shape index (κ1) is 52.0. The first-order valence-corrected chi connectivity index (χ1v) is 22.9. The van der Waals surface area contributed by atoms with E-state index in [0.29, 0.717) is 17.4 Å². The van der Waals surface area contributed by atoms with Gasteiger partial charge in [0.05, 0.1) is 27.7 Å². The van der Waals surface area contributed by atoms with Crippen LogP contribution < -0.4 is 4.89 Å². The summed E-state index contributed by atoms with van der Waals surface area (Å²) in [6.45, 7) is 4.06. The van der Waals surface area contributed by atoms with Crippen molar-refractivity contribution >= 4 is 19.8 Å². The van der Waals surface area contributed by atoms with Crippen molar-refractivity contribution in [1.29, 1.82) is 0 Å². The minimum atomic E-state index is -4.63. The molecule has 0 aromatic heterocycles. The lowest BCUT2D eigenvalue weighted by molar-refractivity contribution is -0.870. The standard InChI is InChI=1S/C44H80NO8P/c1-6-8-10-12-14-16-18-20-22-24-26-28-30-32-34-36-43(46)50-40-42(41-52-54(48,49)51-39-38-45(3,4)5)53-44(47)37-35-33-31-29-27-25-23-21-19-17-15-13-11-9-7-2/h9,11,13,15,17,19,21,23,42H,6-8,10,12,14,16,18,20,22,24-41H2,1-5H3/b11-9+,15-13+,19-17+,23-21+. The van der Waals surface area contributed by atoms with E-state index < -0.39 is 32.5 Å². The summed E-state index contributed by atoms with van der Waals surface area (Å²) in [5.74, 6) is -0.861. The molecule has 0 fully saturated rings. The highest BCUT2D eigenvalue weighted by molar-refractivity contribution is 7.45. The molecule has 0 aromatic carbocycles. The van der Waals surface area contributed by atoms with E-state index in [1.165, 1.54) is 77.0 Å². The van der Waals surface area contributed by atoms with Gasteiger partial charge in [-0.2, -0.15) is 0 Å². The van der Waals surface area contributed by atoms with E-state index in [4.69, 9.17) is 18.5 Å². The van der Waals surface area contributed by atoms with Gasteiger partial charge in [-0.25, -0.2) is 0 Å². The monoisotopic (exact) mass is 782 g/mol. The van der Waals surface area contributed by atoms with Gasteiger partial charge in [-0.1, -0.05) is 172 Å². The molecule has 2 unspecified atom stereocenters. The van der Waals surface area contributed by atoms with Gasteiger partial charge in [-0.05, 0) is 32.1 Å². The van der Waals surface area contributed by atoms with Gasteiger partial charge in [-0.3, -0.25) is 14.2 Å². The summed E-state index contributed by atoms with van der Waals surface area (Å²) in [4.78, 5) is 37.5. The molecule has 2 atom stereocenters. The minimum Gasteiger partial charge on any atom is -0.756 e. The average Bonchev–Trinajstić information content (AvgIpc) is 3.12. The lowest BCUT2D eigenvalue weighted by atomic mass is 10.0. The van der Waals surface area contributed by atoms with Gasteiger partial charge in [0.25, 0.3) is 7.82 Å². The van der Waals surface area contributed by atoms with Crippen LogP contribution in [0, 0.1) is 0 Å². The summed E-state index contributed by atoms with van der Waals surface area (Å²) < 4.78 is 33.8. The molecule has 314 valence electrons. The summed E-state index contributed by atoms with van der Waals surface area (Å²) >= 11 is 0. The molecular weight excluding hydrogens is 701 g/mol. The summed E-state index contributed by atoms with van der Waals surface area (Å²) in [5, 5.41) is 0. The first-order chi connectivity index (χ1) is 26.0. The fourth-order valence-electron chi connectivity index (χ4n) is 5.61. The number of unbranched alkanes of at least 4 members (excludes halogenated alkanes) is 19. The zero-order valence-corrected chi connectivity index (χ0v) is 36.0. The molecule has 0 rings (SSSR count). The maximum absolute atomic E-state index is 12.6. The van der Waals surface area contributed by atoms with Crippen LogP contribution in [0.5, 0.6) is 0 Å². The fraction of sp³-hybridized carbons (Fsp3) is 0.773. The number of likely N-dealkylation sites (N-methyl/N-ethyl adjacent to an activating group) is 1. The van der Waals surface area contributed by atoms with Gasteiger partial charge in [-0.15, -0.1) is 0 Å². The van der Waals surface area contributed by atoms with Crippen LogP contribution in [0.25, 0.3) is 0 Å². The second-order valence-corrected chi connectivity index (χ2v) is 16.8. The highest BCUT2D eigenvalue weighted by Gasteiger charge is 2.21. The van der Waals surface area contributed by atoms with Crippen LogP contribution in [0.15, 0.2) is 48.6 Å². The van der Waals surface area contributed by atoms with E-state index in [1.54, 1.807) is 0 Å². The number of hydrogen-bond donors (Lipinski definition) is 0. The molecular formula is C44H80NO8P. The Labute approximate surface area is 331 Å². The number of phosphoric acid groups is 1.